The quantitative estimate of drug-likeness (QED) is 0.130. The van der Waals surface area contributed by atoms with Crippen molar-refractivity contribution in [3.05, 3.63) is 107 Å². The number of aromatic nitrogens is 2. The van der Waals surface area contributed by atoms with Gasteiger partial charge in [0.1, 0.15) is 17.3 Å². The first kappa shape index (κ1) is 34.7. The van der Waals surface area contributed by atoms with Crippen LogP contribution in [0.5, 0.6) is 11.5 Å². The van der Waals surface area contributed by atoms with Gasteiger partial charge in [0.05, 0.1) is 37.8 Å². The molecule has 0 aliphatic rings. The van der Waals surface area contributed by atoms with Crippen molar-refractivity contribution < 1.29 is 19.1 Å². The lowest BCUT2D eigenvalue weighted by Crippen LogP contribution is -2.38. The van der Waals surface area contributed by atoms with Crippen LogP contribution in [0.15, 0.2) is 72.9 Å². The van der Waals surface area contributed by atoms with Crippen LogP contribution in [0.25, 0.3) is 0 Å². The van der Waals surface area contributed by atoms with Gasteiger partial charge in [-0.1, -0.05) is 45.0 Å². The Kier molecular flexibility index (Phi) is 11.4. The summed E-state index contributed by atoms with van der Waals surface area (Å²) in [4.78, 5) is 34.9. The van der Waals surface area contributed by atoms with Gasteiger partial charge in [-0.25, -0.2) is 9.97 Å². The van der Waals surface area contributed by atoms with E-state index in [1.165, 1.54) is 6.92 Å². The maximum absolute atomic E-state index is 14.1. The maximum atomic E-state index is 14.1. The summed E-state index contributed by atoms with van der Waals surface area (Å²) in [5.74, 6) is 1.56. The highest BCUT2D eigenvalue weighted by Gasteiger charge is 2.26. The number of pyridine rings is 2. The molecule has 0 aliphatic carbocycles. The van der Waals surface area contributed by atoms with Gasteiger partial charge in [0.2, 0.25) is 5.91 Å². The van der Waals surface area contributed by atoms with Gasteiger partial charge in [0.25, 0.3) is 5.91 Å². The third kappa shape index (κ3) is 9.68. The Hall–Kier alpha value is -5.12. The Morgan fingerprint density at radius 1 is 0.894 bits per heavy atom. The molecule has 2 heterocycles. The molecule has 0 saturated heterocycles. The summed E-state index contributed by atoms with van der Waals surface area (Å²) in [5.41, 5.74) is 4.84. The average Bonchev–Trinajstić information content (AvgIpc) is 3.02. The first-order valence-electron chi connectivity index (χ1n) is 15.5. The Bertz CT molecular complexity index is 1600. The zero-order valence-electron chi connectivity index (χ0n) is 28.4. The number of benzene rings is 2. The standard InChI is InChI=1S/C37H45N6O4/c1-23-19-24(2)40-33(20-23)42-31-21-28(41-32(37(4,5)6)17-18-38-25(3)44)22-39-35(31)36(45)43-34(26-9-13-29(46-7)14-10-26)27-11-15-30(47-8)16-12-27/h9-17,19-22,32,34,41H,18H2,1-8H3,(H,38,44)(H,40,42)(H,43,45). The van der Waals surface area contributed by atoms with Gasteiger partial charge in [-0.2, -0.15) is 0 Å². The Morgan fingerprint density at radius 2 is 1.49 bits per heavy atom. The van der Waals surface area contributed by atoms with Crippen LogP contribution in [0, 0.1) is 25.7 Å². The van der Waals surface area contributed by atoms with Crippen LogP contribution in [-0.2, 0) is 4.79 Å². The Labute approximate surface area is 277 Å². The average molecular weight is 638 g/mol. The fourth-order valence-corrected chi connectivity index (χ4v) is 5.14. The van der Waals surface area contributed by atoms with E-state index in [0.717, 1.165) is 22.4 Å². The van der Waals surface area contributed by atoms with E-state index in [0.29, 0.717) is 35.2 Å². The van der Waals surface area contributed by atoms with Crippen molar-refractivity contribution in [1.82, 2.24) is 20.6 Å². The van der Waals surface area contributed by atoms with Gasteiger partial charge in [0, 0.05) is 31.6 Å². The van der Waals surface area contributed by atoms with Crippen LogP contribution >= 0.6 is 0 Å². The van der Waals surface area contributed by atoms with Crippen molar-refractivity contribution in [1.29, 1.82) is 0 Å². The molecule has 1 atom stereocenters. The molecule has 10 nitrogen and oxygen atoms in total. The number of carbonyl (C=O) groups is 2. The van der Waals surface area contributed by atoms with E-state index in [2.05, 4.69) is 52.0 Å². The number of ether oxygens (including phenoxy) is 2. The van der Waals surface area contributed by atoms with Gasteiger partial charge < -0.3 is 30.7 Å². The fourth-order valence-electron chi connectivity index (χ4n) is 5.14. The lowest BCUT2D eigenvalue weighted by molar-refractivity contribution is -0.118. The second-order valence-electron chi connectivity index (χ2n) is 12.5. The molecule has 0 aliphatic heterocycles. The van der Waals surface area contributed by atoms with E-state index in [1.807, 2.05) is 87.0 Å². The fraction of sp³-hybridized carbons (Fsp3) is 0.324. The first-order chi connectivity index (χ1) is 22.4. The van der Waals surface area contributed by atoms with E-state index in [9.17, 15) is 9.59 Å². The summed E-state index contributed by atoms with van der Waals surface area (Å²) in [5, 5.41) is 12.9. The smallest absolute Gasteiger partial charge is 0.272 e. The number of methoxy groups -OCH3 is 2. The zero-order chi connectivity index (χ0) is 34.1. The summed E-state index contributed by atoms with van der Waals surface area (Å²) >= 11 is 0. The number of aryl methyl sites for hydroxylation is 2. The van der Waals surface area contributed by atoms with Gasteiger partial charge in [0.15, 0.2) is 5.69 Å². The number of nitrogens with one attached hydrogen (secondary N) is 4. The van der Waals surface area contributed by atoms with Crippen LogP contribution in [0.2, 0.25) is 0 Å². The summed E-state index contributed by atoms with van der Waals surface area (Å²) in [7, 11) is 3.23. The summed E-state index contributed by atoms with van der Waals surface area (Å²) in [6.07, 6.45) is 3.67. The molecule has 0 bridgehead atoms. The third-order valence-corrected chi connectivity index (χ3v) is 7.60. The number of carbonyl (C=O) groups excluding carboxylic acids is 2. The van der Waals surface area contributed by atoms with Crippen molar-refractivity contribution in [3.63, 3.8) is 0 Å². The summed E-state index contributed by atoms with van der Waals surface area (Å²) in [6, 6.07) is 20.3. The number of hydrogen-bond donors (Lipinski definition) is 4. The second-order valence-corrected chi connectivity index (χ2v) is 12.5. The van der Waals surface area contributed by atoms with Gasteiger partial charge >= 0.3 is 0 Å². The van der Waals surface area contributed by atoms with E-state index >= 15 is 0 Å². The Morgan fingerprint density at radius 3 is 2.00 bits per heavy atom. The number of anilines is 3. The van der Waals surface area contributed by atoms with Crippen molar-refractivity contribution in [2.45, 2.75) is 53.6 Å². The molecular weight excluding hydrogens is 592 g/mol. The summed E-state index contributed by atoms with van der Waals surface area (Å²) in [6.45, 7) is 12.2. The van der Waals surface area contributed by atoms with Crippen molar-refractivity contribution >= 4 is 29.0 Å². The molecule has 1 radical (unpaired) electrons. The number of hydrogen-bond acceptors (Lipinski definition) is 8. The van der Waals surface area contributed by atoms with Crippen LogP contribution in [0.1, 0.15) is 66.6 Å². The molecule has 0 saturated carbocycles. The predicted octanol–water partition coefficient (Wildman–Crippen LogP) is 6.54. The van der Waals surface area contributed by atoms with E-state index in [-0.39, 0.29) is 29.0 Å². The topological polar surface area (TPSA) is 126 Å². The van der Waals surface area contributed by atoms with Crippen molar-refractivity contribution in [2.24, 2.45) is 5.41 Å². The number of nitrogens with zero attached hydrogens (tertiary/aromatic N) is 2. The minimum atomic E-state index is -0.486. The first-order valence-corrected chi connectivity index (χ1v) is 15.5. The van der Waals surface area contributed by atoms with Crippen LogP contribution in [0.3, 0.4) is 0 Å². The highest BCUT2D eigenvalue weighted by Crippen LogP contribution is 2.30. The normalized spacial score (nSPS) is 11.9. The van der Waals surface area contributed by atoms with Crippen LogP contribution in [-0.4, -0.2) is 48.6 Å². The minimum Gasteiger partial charge on any atom is -0.497 e. The third-order valence-electron chi connectivity index (χ3n) is 7.60. The molecule has 10 heteroatoms. The van der Waals surface area contributed by atoms with Crippen LogP contribution < -0.4 is 30.7 Å². The van der Waals surface area contributed by atoms with Crippen LogP contribution in [0.4, 0.5) is 17.2 Å². The highest BCUT2D eigenvalue weighted by atomic mass is 16.5. The molecule has 4 aromatic rings. The molecule has 47 heavy (non-hydrogen) atoms. The molecular formula is C37H45N6O4. The van der Waals surface area contributed by atoms with Gasteiger partial charge in [-0.05, 0) is 78.4 Å². The molecule has 2 aromatic carbocycles. The van der Waals surface area contributed by atoms with Crippen molar-refractivity contribution in [2.75, 3.05) is 31.4 Å². The molecule has 2 aromatic heterocycles. The van der Waals surface area contributed by atoms with Gasteiger partial charge in [-0.3, -0.25) is 9.59 Å². The molecule has 1 unspecified atom stereocenters. The zero-order valence-corrected chi connectivity index (χ0v) is 28.4. The van der Waals surface area contributed by atoms with E-state index in [1.54, 1.807) is 20.4 Å². The molecule has 0 spiro atoms. The number of amides is 2. The lowest BCUT2D eigenvalue weighted by atomic mass is 9.84. The van der Waals surface area contributed by atoms with Gasteiger partial charge in [-0.15, -0.1) is 0 Å². The van der Waals surface area contributed by atoms with E-state index in [4.69, 9.17) is 9.47 Å². The number of rotatable bonds is 13. The minimum absolute atomic E-state index is 0.0963. The van der Waals surface area contributed by atoms with E-state index < -0.39 is 6.04 Å². The lowest BCUT2D eigenvalue weighted by Gasteiger charge is -2.32. The Balaban J connectivity index is 1.72. The SMILES string of the molecule is COc1ccc(C(NC(=O)c2ncc(NC([CH]CNC(C)=O)C(C)(C)C)cc2Nc2cc(C)cc(C)n2)c2ccc(OC)cc2)cc1. The van der Waals surface area contributed by atoms with Crippen molar-refractivity contribution in [3.8, 4) is 11.5 Å². The molecule has 247 valence electrons. The predicted molar refractivity (Wildman–Crippen MR) is 186 cm³/mol. The largest absolute Gasteiger partial charge is 0.497 e. The molecule has 2 amide bonds. The highest BCUT2D eigenvalue weighted by molar-refractivity contribution is 5.99. The monoisotopic (exact) mass is 637 g/mol. The molecule has 4 N–H and O–H groups in total. The second kappa shape index (κ2) is 15.4. The molecule has 0 fully saturated rings. The molecule has 4 rings (SSSR count). The maximum Gasteiger partial charge on any atom is 0.272 e. The summed E-state index contributed by atoms with van der Waals surface area (Å²) < 4.78 is 10.7.